The molecule has 0 saturated heterocycles. The van der Waals surface area contributed by atoms with E-state index < -0.39 is 0 Å². The molecule has 0 atom stereocenters. The van der Waals surface area contributed by atoms with Gasteiger partial charge in [0.25, 0.3) is 5.91 Å². The highest BCUT2D eigenvalue weighted by Gasteiger charge is 2.07. The number of benzene rings is 1. The van der Waals surface area contributed by atoms with Gasteiger partial charge in [0.1, 0.15) is 11.8 Å². The van der Waals surface area contributed by atoms with E-state index in [9.17, 15) is 4.79 Å². The summed E-state index contributed by atoms with van der Waals surface area (Å²) in [6.45, 7) is 1.97. The van der Waals surface area contributed by atoms with E-state index in [1.165, 1.54) is 12.3 Å². The molecule has 1 aromatic carbocycles. The maximum atomic E-state index is 12.0. The second-order valence-corrected chi connectivity index (χ2v) is 4.82. The van der Waals surface area contributed by atoms with Crippen molar-refractivity contribution < 1.29 is 4.79 Å². The van der Waals surface area contributed by atoms with Gasteiger partial charge in [0, 0.05) is 16.4 Å². The maximum absolute atomic E-state index is 12.0. The van der Waals surface area contributed by atoms with Crippen molar-refractivity contribution in [1.29, 1.82) is 5.26 Å². The highest BCUT2D eigenvalue weighted by atomic mass is 79.9. The average molecular weight is 316 g/mol. The number of nitrogens with one attached hydrogen (secondary N) is 1. The lowest BCUT2D eigenvalue weighted by Gasteiger charge is -2.06. The summed E-state index contributed by atoms with van der Waals surface area (Å²) in [5.74, 6) is -0.257. The number of rotatable bonds is 2. The number of halogens is 1. The van der Waals surface area contributed by atoms with Crippen LogP contribution in [0.4, 0.5) is 5.69 Å². The van der Waals surface area contributed by atoms with Crippen LogP contribution < -0.4 is 5.32 Å². The Morgan fingerprint density at radius 1 is 1.37 bits per heavy atom. The van der Waals surface area contributed by atoms with Gasteiger partial charge in [-0.1, -0.05) is 22.0 Å². The first-order valence-electron chi connectivity index (χ1n) is 5.54. The zero-order valence-corrected chi connectivity index (χ0v) is 11.7. The van der Waals surface area contributed by atoms with Gasteiger partial charge in [0.2, 0.25) is 0 Å². The van der Waals surface area contributed by atoms with Crippen LogP contribution in [0, 0.1) is 18.3 Å². The van der Waals surface area contributed by atoms with Crippen molar-refractivity contribution in [1.82, 2.24) is 4.98 Å². The highest BCUT2D eigenvalue weighted by Crippen LogP contribution is 2.21. The highest BCUT2D eigenvalue weighted by molar-refractivity contribution is 9.10. The summed E-state index contributed by atoms with van der Waals surface area (Å²) in [5.41, 5.74) is 2.50. The van der Waals surface area contributed by atoms with E-state index in [0.717, 1.165) is 10.0 Å². The average Bonchev–Trinajstić information content (AvgIpc) is 2.43. The summed E-state index contributed by atoms with van der Waals surface area (Å²) >= 11 is 3.41. The van der Waals surface area contributed by atoms with E-state index in [1.807, 2.05) is 31.2 Å². The molecule has 0 aliphatic rings. The third-order valence-electron chi connectivity index (χ3n) is 2.57. The minimum Gasteiger partial charge on any atom is -0.322 e. The van der Waals surface area contributed by atoms with Crippen LogP contribution in [0.5, 0.6) is 0 Å². The third-order valence-corrected chi connectivity index (χ3v) is 3.42. The van der Waals surface area contributed by atoms with E-state index in [4.69, 9.17) is 5.26 Å². The molecule has 0 aliphatic carbocycles. The number of pyridine rings is 1. The van der Waals surface area contributed by atoms with Crippen molar-refractivity contribution in [2.75, 3.05) is 5.32 Å². The van der Waals surface area contributed by atoms with Crippen LogP contribution in [-0.4, -0.2) is 10.9 Å². The molecule has 0 aliphatic heterocycles. The first-order valence-corrected chi connectivity index (χ1v) is 6.33. The van der Waals surface area contributed by atoms with Crippen LogP contribution in [0.25, 0.3) is 0 Å². The predicted octanol–water partition coefficient (Wildman–Crippen LogP) is 3.28. The molecule has 2 rings (SSSR count). The molecule has 5 heteroatoms. The van der Waals surface area contributed by atoms with Crippen molar-refractivity contribution in [3.8, 4) is 6.07 Å². The summed E-state index contributed by atoms with van der Waals surface area (Å²) < 4.78 is 0.934. The number of amides is 1. The normalized spacial score (nSPS) is 9.74. The van der Waals surface area contributed by atoms with E-state index in [-0.39, 0.29) is 11.6 Å². The SMILES string of the molecule is Cc1ccc(NC(=O)c2ccc(C#N)nc2)cc1Br. The van der Waals surface area contributed by atoms with Crippen molar-refractivity contribution in [2.45, 2.75) is 6.92 Å². The fourth-order valence-corrected chi connectivity index (χ4v) is 1.85. The lowest BCUT2D eigenvalue weighted by Crippen LogP contribution is -2.12. The molecule has 0 fully saturated rings. The molecule has 0 bridgehead atoms. The minimum atomic E-state index is -0.257. The second kappa shape index (κ2) is 5.63. The van der Waals surface area contributed by atoms with Gasteiger partial charge in [-0.05, 0) is 36.8 Å². The number of carbonyl (C=O) groups is 1. The lowest BCUT2D eigenvalue weighted by molar-refractivity contribution is 0.102. The molecule has 94 valence electrons. The van der Waals surface area contributed by atoms with Crippen molar-refractivity contribution in [3.05, 3.63) is 57.8 Å². The Bertz CT molecular complexity index is 659. The van der Waals surface area contributed by atoms with Gasteiger partial charge in [-0.3, -0.25) is 4.79 Å². The Balaban J connectivity index is 2.16. The van der Waals surface area contributed by atoms with Gasteiger partial charge in [-0.25, -0.2) is 4.98 Å². The zero-order chi connectivity index (χ0) is 13.8. The second-order valence-electron chi connectivity index (χ2n) is 3.96. The Kier molecular flexibility index (Phi) is 3.93. The number of hydrogen-bond donors (Lipinski definition) is 1. The zero-order valence-electron chi connectivity index (χ0n) is 10.1. The maximum Gasteiger partial charge on any atom is 0.257 e. The monoisotopic (exact) mass is 315 g/mol. The lowest BCUT2D eigenvalue weighted by atomic mass is 10.2. The van der Waals surface area contributed by atoms with Crippen LogP contribution >= 0.6 is 15.9 Å². The van der Waals surface area contributed by atoms with Crippen LogP contribution in [0.1, 0.15) is 21.6 Å². The molecular formula is C14H10BrN3O. The Labute approximate surface area is 119 Å². The topological polar surface area (TPSA) is 65.8 Å². The van der Waals surface area contributed by atoms with E-state index in [2.05, 4.69) is 26.2 Å². The predicted molar refractivity (Wildman–Crippen MR) is 75.8 cm³/mol. The van der Waals surface area contributed by atoms with Crippen LogP contribution in [0.2, 0.25) is 0 Å². The van der Waals surface area contributed by atoms with Gasteiger partial charge in [-0.2, -0.15) is 5.26 Å². The molecule has 19 heavy (non-hydrogen) atoms. The first-order chi connectivity index (χ1) is 9.10. The van der Waals surface area contributed by atoms with Crippen molar-refractivity contribution in [2.24, 2.45) is 0 Å². The van der Waals surface area contributed by atoms with Crippen molar-refractivity contribution in [3.63, 3.8) is 0 Å². The number of nitrogens with zero attached hydrogens (tertiary/aromatic N) is 2. The number of aryl methyl sites for hydroxylation is 1. The van der Waals surface area contributed by atoms with Crippen LogP contribution in [0.3, 0.4) is 0 Å². The fraction of sp³-hybridized carbons (Fsp3) is 0.0714. The largest absolute Gasteiger partial charge is 0.322 e. The molecule has 0 unspecified atom stereocenters. The molecule has 0 spiro atoms. The molecule has 1 amide bonds. The van der Waals surface area contributed by atoms with Crippen LogP contribution in [0.15, 0.2) is 41.0 Å². The number of nitriles is 1. The van der Waals surface area contributed by atoms with Gasteiger partial charge in [0.15, 0.2) is 0 Å². The van der Waals surface area contributed by atoms with Gasteiger partial charge in [0.05, 0.1) is 5.56 Å². The van der Waals surface area contributed by atoms with Crippen molar-refractivity contribution >= 4 is 27.5 Å². The summed E-state index contributed by atoms with van der Waals surface area (Å²) in [7, 11) is 0. The Morgan fingerprint density at radius 3 is 2.74 bits per heavy atom. The van der Waals surface area contributed by atoms with Gasteiger partial charge < -0.3 is 5.32 Å². The van der Waals surface area contributed by atoms with Gasteiger partial charge in [-0.15, -0.1) is 0 Å². The molecule has 2 aromatic rings. The molecule has 1 aromatic heterocycles. The molecule has 0 saturated carbocycles. The number of aromatic nitrogens is 1. The molecule has 4 nitrogen and oxygen atoms in total. The molecule has 1 heterocycles. The minimum absolute atomic E-state index is 0.257. The fourth-order valence-electron chi connectivity index (χ4n) is 1.47. The summed E-state index contributed by atoms with van der Waals surface area (Å²) in [6.07, 6.45) is 1.39. The van der Waals surface area contributed by atoms with E-state index in [0.29, 0.717) is 11.3 Å². The third kappa shape index (κ3) is 3.18. The van der Waals surface area contributed by atoms with E-state index >= 15 is 0 Å². The molecule has 1 N–H and O–H groups in total. The Hall–Kier alpha value is -2.19. The summed E-state index contributed by atoms with van der Waals surface area (Å²) in [5, 5.41) is 11.4. The van der Waals surface area contributed by atoms with Gasteiger partial charge >= 0.3 is 0 Å². The first kappa shape index (κ1) is 13.2. The standard InChI is InChI=1S/C14H10BrN3O/c1-9-2-4-11(6-13(9)15)18-14(19)10-3-5-12(7-16)17-8-10/h2-6,8H,1H3,(H,18,19). The quantitative estimate of drug-likeness (QED) is 0.924. The molecule has 0 radical (unpaired) electrons. The Morgan fingerprint density at radius 2 is 2.16 bits per heavy atom. The number of anilines is 1. The number of carbonyl (C=O) groups excluding carboxylic acids is 1. The van der Waals surface area contributed by atoms with Crippen LogP contribution in [-0.2, 0) is 0 Å². The summed E-state index contributed by atoms with van der Waals surface area (Å²) in [4.78, 5) is 15.8. The summed E-state index contributed by atoms with van der Waals surface area (Å²) in [6, 6.07) is 10.6. The number of hydrogen-bond acceptors (Lipinski definition) is 3. The molecular weight excluding hydrogens is 306 g/mol. The smallest absolute Gasteiger partial charge is 0.257 e. The van der Waals surface area contributed by atoms with E-state index in [1.54, 1.807) is 6.07 Å².